The van der Waals surface area contributed by atoms with Gasteiger partial charge < -0.3 is 9.84 Å². The lowest BCUT2D eigenvalue weighted by Gasteiger charge is -2.30. The Kier molecular flexibility index (Phi) is 5.71. The van der Waals surface area contributed by atoms with Gasteiger partial charge in [0.2, 0.25) is 0 Å². The first kappa shape index (κ1) is 16.7. The summed E-state index contributed by atoms with van der Waals surface area (Å²) in [5.41, 5.74) is 2.27. The van der Waals surface area contributed by atoms with Gasteiger partial charge in [0, 0.05) is 25.7 Å². The van der Waals surface area contributed by atoms with Crippen LogP contribution in [-0.4, -0.2) is 41.7 Å². The van der Waals surface area contributed by atoms with Crippen LogP contribution in [0.5, 0.6) is 0 Å². The van der Waals surface area contributed by atoms with E-state index in [1.807, 2.05) is 31.2 Å². The Balaban J connectivity index is 0.00000176. The zero-order valence-corrected chi connectivity index (χ0v) is 13.6. The lowest BCUT2D eigenvalue weighted by atomic mass is 10.1. The molecule has 3 rings (SSSR count). The maximum Gasteiger partial charge on any atom is 0.250 e. The van der Waals surface area contributed by atoms with Crippen molar-refractivity contribution in [2.24, 2.45) is 0 Å². The number of benzene rings is 1. The Morgan fingerprint density at radius 1 is 1.36 bits per heavy atom. The number of rotatable bonds is 3. The largest absolute Gasteiger partial charge is 0.335 e. The SMILES string of the molecule is C/C(=C/c1nc(C2CNCCN2C)no1)c1ccccc1.Cl. The van der Waals surface area contributed by atoms with E-state index in [-0.39, 0.29) is 18.4 Å². The van der Waals surface area contributed by atoms with Crippen molar-refractivity contribution in [2.75, 3.05) is 26.7 Å². The van der Waals surface area contributed by atoms with Crippen LogP contribution in [0.25, 0.3) is 11.6 Å². The van der Waals surface area contributed by atoms with Gasteiger partial charge in [0.1, 0.15) is 0 Å². The molecule has 118 valence electrons. The van der Waals surface area contributed by atoms with Crippen molar-refractivity contribution in [3.05, 3.63) is 47.6 Å². The van der Waals surface area contributed by atoms with Gasteiger partial charge in [-0.15, -0.1) is 12.4 Å². The molecule has 0 aliphatic carbocycles. The van der Waals surface area contributed by atoms with E-state index in [0.29, 0.717) is 5.89 Å². The molecule has 1 N–H and O–H groups in total. The summed E-state index contributed by atoms with van der Waals surface area (Å²) in [5.74, 6) is 1.31. The van der Waals surface area contributed by atoms with Crippen molar-refractivity contribution in [1.29, 1.82) is 0 Å². The molecule has 1 unspecified atom stereocenters. The Morgan fingerprint density at radius 3 is 2.86 bits per heavy atom. The standard InChI is InChI=1S/C16H20N4O.ClH/c1-12(13-6-4-3-5-7-13)10-15-18-16(19-21-15)14-11-17-8-9-20(14)2;/h3-7,10,14,17H,8-9,11H2,1-2H3;1H/b12-10-;. The quantitative estimate of drug-likeness (QED) is 0.942. The molecule has 0 radical (unpaired) electrons. The molecule has 1 aliphatic heterocycles. The fourth-order valence-electron chi connectivity index (χ4n) is 2.51. The smallest absolute Gasteiger partial charge is 0.250 e. The van der Waals surface area contributed by atoms with Crippen molar-refractivity contribution in [1.82, 2.24) is 20.4 Å². The van der Waals surface area contributed by atoms with Crippen LogP contribution in [-0.2, 0) is 0 Å². The summed E-state index contributed by atoms with van der Waals surface area (Å²) in [6.45, 7) is 4.91. The van der Waals surface area contributed by atoms with Gasteiger partial charge >= 0.3 is 0 Å². The summed E-state index contributed by atoms with van der Waals surface area (Å²) in [7, 11) is 2.09. The number of piperazine rings is 1. The molecule has 2 heterocycles. The normalized spacial score (nSPS) is 19.7. The van der Waals surface area contributed by atoms with Crippen LogP contribution >= 0.6 is 12.4 Å². The Labute approximate surface area is 136 Å². The van der Waals surface area contributed by atoms with Crippen molar-refractivity contribution in [3.8, 4) is 0 Å². The van der Waals surface area contributed by atoms with Crippen LogP contribution in [0, 0.1) is 0 Å². The first-order chi connectivity index (χ1) is 10.2. The van der Waals surface area contributed by atoms with Crippen molar-refractivity contribution >= 4 is 24.1 Å². The predicted octanol–water partition coefficient (Wildman–Crippen LogP) is 2.63. The number of nitrogens with one attached hydrogen (secondary N) is 1. The van der Waals surface area contributed by atoms with Gasteiger partial charge in [0.25, 0.3) is 5.89 Å². The maximum absolute atomic E-state index is 5.37. The number of nitrogens with zero attached hydrogens (tertiary/aromatic N) is 3. The highest BCUT2D eigenvalue weighted by Gasteiger charge is 2.24. The van der Waals surface area contributed by atoms with Crippen LogP contribution < -0.4 is 5.32 Å². The number of hydrogen-bond acceptors (Lipinski definition) is 5. The highest BCUT2D eigenvalue weighted by molar-refractivity contribution is 5.85. The van der Waals surface area contributed by atoms with Gasteiger partial charge in [0.15, 0.2) is 5.82 Å². The summed E-state index contributed by atoms with van der Waals surface area (Å²) >= 11 is 0. The van der Waals surface area contributed by atoms with Crippen LogP contribution in [0.15, 0.2) is 34.9 Å². The molecule has 1 aliphatic rings. The predicted molar refractivity (Wildman–Crippen MR) is 89.8 cm³/mol. The third-order valence-corrected chi connectivity index (χ3v) is 3.84. The van der Waals surface area contributed by atoms with E-state index in [9.17, 15) is 0 Å². The second-order valence-electron chi connectivity index (χ2n) is 5.38. The molecule has 0 amide bonds. The molecule has 0 bridgehead atoms. The lowest BCUT2D eigenvalue weighted by molar-refractivity contribution is 0.190. The Morgan fingerprint density at radius 2 is 2.14 bits per heavy atom. The van der Waals surface area contributed by atoms with E-state index in [4.69, 9.17) is 4.52 Å². The minimum absolute atomic E-state index is 0. The molecule has 6 heteroatoms. The van der Waals surface area contributed by atoms with Crippen LogP contribution in [0.2, 0.25) is 0 Å². The molecule has 1 atom stereocenters. The minimum Gasteiger partial charge on any atom is -0.335 e. The number of halogens is 1. The summed E-state index contributed by atoms with van der Waals surface area (Å²) in [6, 6.07) is 10.4. The maximum atomic E-state index is 5.37. The van der Waals surface area contributed by atoms with E-state index in [2.05, 4.69) is 39.5 Å². The summed E-state index contributed by atoms with van der Waals surface area (Å²) in [6.07, 6.45) is 1.93. The summed E-state index contributed by atoms with van der Waals surface area (Å²) in [4.78, 5) is 6.76. The third kappa shape index (κ3) is 3.74. The minimum atomic E-state index is 0. The van der Waals surface area contributed by atoms with Crippen LogP contribution in [0.1, 0.15) is 30.2 Å². The number of allylic oxidation sites excluding steroid dienone is 1. The van der Waals surface area contributed by atoms with Gasteiger partial charge in [-0.1, -0.05) is 35.5 Å². The number of hydrogen-bond donors (Lipinski definition) is 1. The molecule has 1 aromatic carbocycles. The van der Waals surface area contributed by atoms with E-state index in [0.717, 1.165) is 36.6 Å². The third-order valence-electron chi connectivity index (χ3n) is 3.84. The molecule has 0 saturated carbocycles. The van der Waals surface area contributed by atoms with E-state index >= 15 is 0 Å². The van der Waals surface area contributed by atoms with Crippen molar-refractivity contribution in [3.63, 3.8) is 0 Å². The second-order valence-corrected chi connectivity index (χ2v) is 5.38. The first-order valence-corrected chi connectivity index (χ1v) is 7.22. The summed E-state index contributed by atoms with van der Waals surface area (Å²) < 4.78 is 5.37. The molecule has 1 aromatic heterocycles. The van der Waals surface area contributed by atoms with Gasteiger partial charge in [0.05, 0.1) is 6.04 Å². The zero-order valence-electron chi connectivity index (χ0n) is 12.8. The van der Waals surface area contributed by atoms with E-state index in [1.165, 1.54) is 0 Å². The molecule has 1 saturated heterocycles. The molecular weight excluding hydrogens is 300 g/mol. The molecule has 1 fully saturated rings. The number of likely N-dealkylation sites (N-methyl/N-ethyl adjacent to an activating group) is 1. The monoisotopic (exact) mass is 320 g/mol. The van der Waals surface area contributed by atoms with Crippen molar-refractivity contribution in [2.45, 2.75) is 13.0 Å². The highest BCUT2D eigenvalue weighted by atomic mass is 35.5. The molecule has 5 nitrogen and oxygen atoms in total. The topological polar surface area (TPSA) is 54.2 Å². The fraction of sp³-hybridized carbons (Fsp3) is 0.375. The Bertz CT molecular complexity index is 626. The zero-order chi connectivity index (χ0) is 14.7. The van der Waals surface area contributed by atoms with Gasteiger partial charge in [-0.05, 0) is 25.1 Å². The highest BCUT2D eigenvalue weighted by Crippen LogP contribution is 2.20. The number of aromatic nitrogens is 2. The van der Waals surface area contributed by atoms with Gasteiger partial charge in [-0.25, -0.2) is 0 Å². The van der Waals surface area contributed by atoms with Crippen molar-refractivity contribution < 1.29 is 4.52 Å². The average Bonchev–Trinajstić information content (AvgIpc) is 2.97. The van der Waals surface area contributed by atoms with Crippen LogP contribution in [0.4, 0.5) is 0 Å². The molecule has 22 heavy (non-hydrogen) atoms. The summed E-state index contributed by atoms with van der Waals surface area (Å²) in [5, 5.41) is 7.49. The van der Waals surface area contributed by atoms with E-state index in [1.54, 1.807) is 0 Å². The Hall–Kier alpha value is -1.69. The first-order valence-electron chi connectivity index (χ1n) is 7.22. The van der Waals surface area contributed by atoms with E-state index < -0.39 is 0 Å². The van der Waals surface area contributed by atoms with Gasteiger partial charge in [-0.3, -0.25) is 4.90 Å². The lowest BCUT2D eigenvalue weighted by Crippen LogP contribution is -2.44. The van der Waals surface area contributed by atoms with Gasteiger partial charge in [-0.2, -0.15) is 4.98 Å². The average molecular weight is 321 g/mol. The molecule has 0 spiro atoms. The second kappa shape index (κ2) is 7.54. The molecular formula is C16H21ClN4O. The molecule has 2 aromatic rings. The fourth-order valence-corrected chi connectivity index (χ4v) is 2.51. The van der Waals surface area contributed by atoms with Crippen LogP contribution in [0.3, 0.4) is 0 Å².